The van der Waals surface area contributed by atoms with Crippen LogP contribution in [0.3, 0.4) is 0 Å². The summed E-state index contributed by atoms with van der Waals surface area (Å²) in [5.41, 5.74) is 4.22. The molecule has 34 heavy (non-hydrogen) atoms. The van der Waals surface area contributed by atoms with Crippen molar-refractivity contribution in [2.45, 2.75) is 6.54 Å². The van der Waals surface area contributed by atoms with E-state index in [0.717, 1.165) is 28.1 Å². The Bertz CT molecular complexity index is 1420. The van der Waals surface area contributed by atoms with Crippen LogP contribution < -0.4 is 0 Å². The second-order valence-electron chi connectivity index (χ2n) is 7.58. The van der Waals surface area contributed by atoms with Crippen molar-refractivity contribution in [2.75, 3.05) is 0 Å². The third kappa shape index (κ3) is 4.68. The first-order chi connectivity index (χ1) is 16.5. The topological polar surface area (TPSA) is 38.1 Å². The van der Waals surface area contributed by atoms with Gasteiger partial charge in [0.25, 0.3) is 5.91 Å². The minimum atomic E-state index is -0.149. The van der Waals surface area contributed by atoms with Gasteiger partial charge in [-0.2, -0.15) is 5.10 Å². The molecule has 2 heterocycles. The van der Waals surface area contributed by atoms with Crippen molar-refractivity contribution in [2.24, 2.45) is 0 Å². The zero-order valence-electron chi connectivity index (χ0n) is 17.7. The third-order valence-corrected chi connectivity index (χ3v) is 7.33. The molecule has 0 spiro atoms. The average Bonchev–Trinajstić information content (AvgIpc) is 3.38. The summed E-state index contributed by atoms with van der Waals surface area (Å²) in [6.07, 6.45) is 3.77. The molecule has 1 aliphatic rings. The summed E-state index contributed by atoms with van der Waals surface area (Å²) in [6.45, 7) is 0.328. The second kappa shape index (κ2) is 9.76. The van der Waals surface area contributed by atoms with Crippen molar-refractivity contribution < 1.29 is 4.79 Å². The van der Waals surface area contributed by atoms with E-state index < -0.39 is 0 Å². The van der Waals surface area contributed by atoms with E-state index in [1.54, 1.807) is 15.6 Å². The Morgan fingerprint density at radius 1 is 0.941 bits per heavy atom. The number of amides is 1. The van der Waals surface area contributed by atoms with Gasteiger partial charge >= 0.3 is 0 Å². The lowest BCUT2D eigenvalue weighted by Crippen LogP contribution is -2.27. The Kier molecular flexibility index (Phi) is 6.57. The molecule has 0 N–H and O–H groups in total. The summed E-state index contributed by atoms with van der Waals surface area (Å²) in [6, 6.07) is 24.8. The van der Waals surface area contributed by atoms with Crippen LogP contribution in [-0.2, 0) is 11.3 Å². The number of thiocarbonyl (C=S) groups is 1. The highest BCUT2D eigenvalue weighted by Crippen LogP contribution is 2.36. The molecule has 0 saturated carbocycles. The Balaban J connectivity index is 1.52. The minimum absolute atomic E-state index is 0.149. The molecule has 0 unspecified atom stereocenters. The van der Waals surface area contributed by atoms with Crippen LogP contribution in [0.25, 0.3) is 23.0 Å². The molecule has 0 atom stereocenters. The zero-order chi connectivity index (χ0) is 23.7. The number of benzene rings is 3. The van der Waals surface area contributed by atoms with Crippen LogP contribution in [0, 0.1) is 0 Å². The van der Waals surface area contributed by atoms with Gasteiger partial charge < -0.3 is 0 Å². The molecule has 1 fully saturated rings. The van der Waals surface area contributed by atoms with Crippen molar-refractivity contribution in [1.29, 1.82) is 0 Å². The Hall–Kier alpha value is -2.90. The van der Waals surface area contributed by atoms with Crippen molar-refractivity contribution in [3.8, 4) is 16.9 Å². The van der Waals surface area contributed by atoms with Gasteiger partial charge in [-0.05, 0) is 42.0 Å². The van der Waals surface area contributed by atoms with Gasteiger partial charge in [-0.25, -0.2) is 4.68 Å². The Morgan fingerprint density at radius 3 is 2.38 bits per heavy atom. The van der Waals surface area contributed by atoms with E-state index in [1.807, 2.05) is 85.1 Å². The summed E-state index contributed by atoms with van der Waals surface area (Å²) in [5, 5.41) is 6.06. The molecule has 3 aromatic carbocycles. The van der Waals surface area contributed by atoms with Gasteiger partial charge in [-0.3, -0.25) is 9.69 Å². The van der Waals surface area contributed by atoms with Crippen LogP contribution in [-0.4, -0.2) is 24.9 Å². The van der Waals surface area contributed by atoms with E-state index in [-0.39, 0.29) is 5.91 Å². The van der Waals surface area contributed by atoms with E-state index in [2.05, 4.69) is 0 Å². The summed E-state index contributed by atoms with van der Waals surface area (Å²) >= 11 is 19.2. The van der Waals surface area contributed by atoms with Crippen LogP contribution in [0.4, 0.5) is 0 Å². The first-order valence-electron chi connectivity index (χ1n) is 10.4. The highest BCUT2D eigenvalue weighted by atomic mass is 35.5. The summed E-state index contributed by atoms with van der Waals surface area (Å²) in [5.74, 6) is -0.149. The summed E-state index contributed by atoms with van der Waals surface area (Å²) in [7, 11) is 0. The molecule has 4 aromatic rings. The van der Waals surface area contributed by atoms with Gasteiger partial charge in [0.15, 0.2) is 0 Å². The quantitative estimate of drug-likeness (QED) is 0.205. The molecule has 1 aliphatic heterocycles. The van der Waals surface area contributed by atoms with Gasteiger partial charge in [0.1, 0.15) is 4.32 Å². The lowest BCUT2D eigenvalue weighted by molar-refractivity contribution is -0.122. The molecule has 1 amide bonds. The summed E-state index contributed by atoms with van der Waals surface area (Å²) in [4.78, 5) is 15.4. The number of para-hydroxylation sites is 1. The fourth-order valence-corrected chi connectivity index (χ4v) is 5.18. The van der Waals surface area contributed by atoms with E-state index in [9.17, 15) is 4.79 Å². The number of carbonyl (C=O) groups excluding carboxylic acids is 1. The second-order valence-corrected chi connectivity index (χ2v) is 10.1. The van der Waals surface area contributed by atoms with E-state index >= 15 is 0 Å². The fourth-order valence-electron chi connectivity index (χ4n) is 3.61. The van der Waals surface area contributed by atoms with Gasteiger partial charge in [-0.1, -0.05) is 95.7 Å². The molecule has 1 aromatic heterocycles. The number of hydrogen-bond donors (Lipinski definition) is 0. The van der Waals surface area contributed by atoms with Crippen molar-refractivity contribution in [3.63, 3.8) is 0 Å². The van der Waals surface area contributed by atoms with Gasteiger partial charge in [0.2, 0.25) is 0 Å². The third-order valence-electron chi connectivity index (χ3n) is 5.33. The van der Waals surface area contributed by atoms with Gasteiger partial charge in [0.05, 0.1) is 22.8 Å². The largest absolute Gasteiger partial charge is 0.288 e. The van der Waals surface area contributed by atoms with Crippen LogP contribution in [0.1, 0.15) is 11.1 Å². The van der Waals surface area contributed by atoms with Crippen LogP contribution in [0.2, 0.25) is 10.0 Å². The zero-order valence-corrected chi connectivity index (χ0v) is 20.8. The van der Waals surface area contributed by atoms with Crippen molar-refractivity contribution in [3.05, 3.63) is 111 Å². The fraction of sp³-hybridized carbons (Fsp3) is 0.0385. The number of hydrogen-bond acceptors (Lipinski definition) is 4. The Labute approximate surface area is 216 Å². The SMILES string of the molecule is O=C1C(=Cc2cn(-c3ccccc3)nc2-c2ccc(Cl)cc2)SC(=S)N1Cc1ccccc1Cl. The number of aromatic nitrogens is 2. The predicted octanol–water partition coefficient (Wildman–Crippen LogP) is 7.25. The molecule has 0 aliphatic carbocycles. The monoisotopic (exact) mass is 521 g/mol. The molecule has 0 radical (unpaired) electrons. The standard InChI is InChI=1S/C26H17Cl2N3OS2/c27-20-12-10-17(11-13-20)24-19(16-31(29-24)21-7-2-1-3-8-21)14-23-25(32)30(26(33)34-23)15-18-6-4-5-9-22(18)28/h1-14,16H,15H2. The summed E-state index contributed by atoms with van der Waals surface area (Å²) < 4.78 is 2.31. The van der Waals surface area contributed by atoms with Gasteiger partial charge in [0, 0.05) is 27.4 Å². The van der Waals surface area contributed by atoms with Crippen molar-refractivity contribution >= 4 is 63.5 Å². The van der Waals surface area contributed by atoms with E-state index in [0.29, 0.717) is 25.8 Å². The van der Waals surface area contributed by atoms with E-state index in [1.165, 1.54) is 11.8 Å². The molecule has 8 heteroatoms. The first kappa shape index (κ1) is 22.9. The molecule has 0 bridgehead atoms. The number of halogens is 2. The Morgan fingerprint density at radius 2 is 1.65 bits per heavy atom. The lowest BCUT2D eigenvalue weighted by Gasteiger charge is -2.15. The average molecular weight is 522 g/mol. The lowest BCUT2D eigenvalue weighted by atomic mass is 10.1. The minimum Gasteiger partial charge on any atom is -0.288 e. The maximum absolute atomic E-state index is 13.3. The number of carbonyl (C=O) groups is 1. The van der Waals surface area contributed by atoms with E-state index in [4.69, 9.17) is 40.5 Å². The number of rotatable bonds is 5. The molecular formula is C26H17Cl2N3OS2. The molecule has 4 nitrogen and oxygen atoms in total. The highest BCUT2D eigenvalue weighted by molar-refractivity contribution is 8.26. The number of nitrogens with zero attached hydrogens (tertiary/aromatic N) is 3. The highest BCUT2D eigenvalue weighted by Gasteiger charge is 2.32. The molecule has 168 valence electrons. The van der Waals surface area contributed by atoms with Crippen LogP contribution in [0.15, 0.2) is 90.0 Å². The smallest absolute Gasteiger partial charge is 0.266 e. The predicted molar refractivity (Wildman–Crippen MR) is 144 cm³/mol. The maximum Gasteiger partial charge on any atom is 0.266 e. The van der Waals surface area contributed by atoms with Crippen LogP contribution in [0.5, 0.6) is 0 Å². The molecular weight excluding hydrogens is 505 g/mol. The van der Waals surface area contributed by atoms with Gasteiger partial charge in [-0.15, -0.1) is 0 Å². The van der Waals surface area contributed by atoms with Crippen molar-refractivity contribution in [1.82, 2.24) is 14.7 Å². The van der Waals surface area contributed by atoms with Crippen LogP contribution >= 0.6 is 47.2 Å². The maximum atomic E-state index is 13.3. The molecule has 5 rings (SSSR count). The normalized spacial score (nSPS) is 14.9. The molecule has 1 saturated heterocycles. The number of thioether (sulfide) groups is 1. The first-order valence-corrected chi connectivity index (χ1v) is 12.4.